The predicted octanol–water partition coefficient (Wildman–Crippen LogP) is 2.37. The minimum Gasteiger partial charge on any atom is -0.497 e. The highest BCUT2D eigenvalue weighted by atomic mass is 16.5. The van der Waals surface area contributed by atoms with Crippen LogP contribution in [0, 0.1) is 5.92 Å². The van der Waals surface area contributed by atoms with Crippen LogP contribution in [0.2, 0.25) is 0 Å². The van der Waals surface area contributed by atoms with Crippen molar-refractivity contribution in [1.29, 1.82) is 0 Å². The maximum absolute atomic E-state index is 8.99. The van der Waals surface area contributed by atoms with E-state index in [0.717, 1.165) is 24.2 Å². The van der Waals surface area contributed by atoms with Crippen molar-refractivity contribution in [2.24, 2.45) is 5.92 Å². The van der Waals surface area contributed by atoms with Gasteiger partial charge in [0.15, 0.2) is 0 Å². The molecule has 1 N–H and O–H groups in total. The summed E-state index contributed by atoms with van der Waals surface area (Å²) in [5, 5.41) is 8.99. The van der Waals surface area contributed by atoms with Gasteiger partial charge in [-0.15, -0.1) is 0 Å². The van der Waals surface area contributed by atoms with E-state index in [0.29, 0.717) is 12.5 Å². The first-order valence-electron chi connectivity index (χ1n) is 6.03. The van der Waals surface area contributed by atoms with Gasteiger partial charge in [-0.3, -0.25) is 0 Å². The van der Waals surface area contributed by atoms with Crippen LogP contribution in [0.5, 0.6) is 5.75 Å². The Morgan fingerprint density at radius 3 is 2.47 bits per heavy atom. The van der Waals surface area contributed by atoms with Crippen molar-refractivity contribution in [2.45, 2.75) is 32.0 Å². The van der Waals surface area contributed by atoms with Gasteiger partial charge in [0.2, 0.25) is 0 Å². The molecule has 3 heteroatoms. The largest absolute Gasteiger partial charge is 0.497 e. The van der Waals surface area contributed by atoms with Crippen LogP contribution in [0.1, 0.15) is 25.3 Å². The molecule has 1 aliphatic rings. The van der Waals surface area contributed by atoms with E-state index in [-0.39, 0.29) is 12.2 Å². The van der Waals surface area contributed by atoms with Crippen LogP contribution < -0.4 is 4.74 Å². The number of hydrogen-bond acceptors (Lipinski definition) is 3. The molecule has 1 aromatic carbocycles. The van der Waals surface area contributed by atoms with E-state index in [4.69, 9.17) is 14.6 Å². The molecule has 0 atom stereocenters. The van der Waals surface area contributed by atoms with E-state index in [1.165, 1.54) is 0 Å². The minimum atomic E-state index is -0.0483. The number of aliphatic hydroxyl groups excluding tert-OH is 1. The van der Waals surface area contributed by atoms with Gasteiger partial charge in [0, 0.05) is 6.61 Å². The molecule has 1 aliphatic carbocycles. The summed E-state index contributed by atoms with van der Waals surface area (Å²) in [5.41, 5.74) is 1.10. The van der Waals surface area contributed by atoms with Crippen LogP contribution in [0.25, 0.3) is 0 Å². The van der Waals surface area contributed by atoms with Gasteiger partial charge in [-0.05, 0) is 43.4 Å². The Kier molecular flexibility index (Phi) is 3.69. The fourth-order valence-corrected chi connectivity index (χ4v) is 2.39. The smallest absolute Gasteiger partial charge is 0.118 e. The molecule has 0 spiro atoms. The fourth-order valence-electron chi connectivity index (χ4n) is 2.39. The van der Waals surface area contributed by atoms with Crippen LogP contribution in [0.3, 0.4) is 0 Å². The zero-order chi connectivity index (χ0) is 12.3. The summed E-state index contributed by atoms with van der Waals surface area (Å²) in [4.78, 5) is 0. The molecule has 0 aliphatic heterocycles. The van der Waals surface area contributed by atoms with E-state index in [9.17, 15) is 0 Å². The summed E-state index contributed by atoms with van der Waals surface area (Å²) in [6.45, 7) is 3.02. The molecule has 0 radical (unpaired) electrons. The molecule has 3 nitrogen and oxygen atoms in total. The number of hydrogen-bond donors (Lipinski definition) is 1. The molecule has 1 fully saturated rings. The Balaban J connectivity index is 1.82. The maximum atomic E-state index is 8.99. The highest BCUT2D eigenvalue weighted by Crippen LogP contribution is 2.40. The molecule has 94 valence electrons. The lowest BCUT2D eigenvalue weighted by atomic mass is 9.72. The molecule has 0 amide bonds. The van der Waals surface area contributed by atoms with Crippen LogP contribution in [-0.2, 0) is 11.3 Å². The van der Waals surface area contributed by atoms with Gasteiger partial charge < -0.3 is 14.6 Å². The molecule has 2 rings (SSSR count). The molecular formula is C14H20O3. The average Bonchev–Trinajstić information content (AvgIpc) is 2.33. The zero-order valence-electron chi connectivity index (χ0n) is 10.5. The zero-order valence-corrected chi connectivity index (χ0v) is 10.5. The van der Waals surface area contributed by atoms with Crippen molar-refractivity contribution in [3.8, 4) is 5.75 Å². The van der Waals surface area contributed by atoms with Gasteiger partial charge in [-0.1, -0.05) is 12.1 Å². The van der Waals surface area contributed by atoms with E-state index >= 15 is 0 Å². The second-order valence-electron chi connectivity index (χ2n) is 5.04. The van der Waals surface area contributed by atoms with E-state index in [1.54, 1.807) is 7.11 Å². The van der Waals surface area contributed by atoms with Gasteiger partial charge in [0.1, 0.15) is 5.75 Å². The van der Waals surface area contributed by atoms with E-state index in [1.807, 2.05) is 24.3 Å². The summed E-state index contributed by atoms with van der Waals surface area (Å²) >= 11 is 0. The molecule has 0 heterocycles. The van der Waals surface area contributed by atoms with Crippen molar-refractivity contribution in [3.63, 3.8) is 0 Å². The third kappa shape index (κ3) is 2.99. The number of methoxy groups -OCH3 is 1. The molecule has 17 heavy (non-hydrogen) atoms. The summed E-state index contributed by atoms with van der Waals surface area (Å²) in [5.74, 6) is 1.29. The predicted molar refractivity (Wildman–Crippen MR) is 66.0 cm³/mol. The maximum Gasteiger partial charge on any atom is 0.118 e. The van der Waals surface area contributed by atoms with Gasteiger partial charge in [0.05, 0.1) is 19.3 Å². The standard InChI is InChI=1S/C14H20O3/c1-14(7-12(8-14)9-15)17-10-11-3-5-13(16-2)6-4-11/h3-6,12,15H,7-10H2,1-2H3. The van der Waals surface area contributed by atoms with E-state index in [2.05, 4.69) is 6.92 Å². The van der Waals surface area contributed by atoms with Crippen molar-refractivity contribution in [2.75, 3.05) is 13.7 Å². The third-order valence-electron chi connectivity index (χ3n) is 3.45. The second-order valence-corrected chi connectivity index (χ2v) is 5.04. The van der Waals surface area contributed by atoms with Gasteiger partial charge in [-0.25, -0.2) is 0 Å². The molecule has 0 unspecified atom stereocenters. The first kappa shape index (κ1) is 12.4. The first-order chi connectivity index (χ1) is 8.15. The molecule has 1 aromatic rings. The quantitative estimate of drug-likeness (QED) is 0.853. The Morgan fingerprint density at radius 2 is 1.94 bits per heavy atom. The van der Waals surface area contributed by atoms with Crippen molar-refractivity contribution in [1.82, 2.24) is 0 Å². The number of benzene rings is 1. The first-order valence-corrected chi connectivity index (χ1v) is 6.03. The number of rotatable bonds is 5. The lowest BCUT2D eigenvalue weighted by molar-refractivity contribution is -0.132. The molecule has 1 saturated carbocycles. The molecule has 0 saturated heterocycles. The van der Waals surface area contributed by atoms with Gasteiger partial charge in [0.25, 0.3) is 0 Å². The van der Waals surface area contributed by atoms with Gasteiger partial charge in [-0.2, -0.15) is 0 Å². The minimum absolute atomic E-state index is 0.0483. The number of ether oxygens (including phenoxy) is 2. The monoisotopic (exact) mass is 236 g/mol. The summed E-state index contributed by atoms with van der Waals surface area (Å²) in [6.07, 6.45) is 1.92. The van der Waals surface area contributed by atoms with Crippen LogP contribution in [0.15, 0.2) is 24.3 Å². The lowest BCUT2D eigenvalue weighted by Gasteiger charge is -2.44. The molecule has 0 bridgehead atoms. The normalized spacial score (nSPS) is 27.6. The lowest BCUT2D eigenvalue weighted by Crippen LogP contribution is -2.44. The SMILES string of the molecule is COc1ccc(COC2(C)CC(CO)C2)cc1. The van der Waals surface area contributed by atoms with Crippen molar-refractivity contribution < 1.29 is 14.6 Å². The van der Waals surface area contributed by atoms with E-state index < -0.39 is 0 Å². The Morgan fingerprint density at radius 1 is 1.29 bits per heavy atom. The van der Waals surface area contributed by atoms with Crippen LogP contribution in [0.4, 0.5) is 0 Å². The highest BCUT2D eigenvalue weighted by molar-refractivity contribution is 5.26. The van der Waals surface area contributed by atoms with Crippen LogP contribution in [-0.4, -0.2) is 24.4 Å². The summed E-state index contributed by atoms with van der Waals surface area (Å²) < 4.78 is 11.0. The van der Waals surface area contributed by atoms with Crippen molar-refractivity contribution in [3.05, 3.63) is 29.8 Å². The molecular weight excluding hydrogens is 216 g/mol. The summed E-state index contributed by atoms with van der Waals surface area (Å²) in [6, 6.07) is 7.92. The number of aliphatic hydroxyl groups is 1. The third-order valence-corrected chi connectivity index (χ3v) is 3.45. The Labute approximate surface area is 102 Å². The molecule has 0 aromatic heterocycles. The average molecular weight is 236 g/mol. The second kappa shape index (κ2) is 5.07. The summed E-state index contributed by atoms with van der Waals surface area (Å²) in [7, 11) is 1.66. The Bertz CT molecular complexity index is 352. The topological polar surface area (TPSA) is 38.7 Å². The fraction of sp³-hybridized carbons (Fsp3) is 0.571. The highest BCUT2D eigenvalue weighted by Gasteiger charge is 2.40. The Hall–Kier alpha value is -1.06. The van der Waals surface area contributed by atoms with Crippen LogP contribution >= 0.6 is 0 Å². The van der Waals surface area contributed by atoms with Crippen molar-refractivity contribution >= 4 is 0 Å². The van der Waals surface area contributed by atoms with Gasteiger partial charge >= 0.3 is 0 Å².